The predicted molar refractivity (Wildman–Crippen MR) is 76.0 cm³/mol. The summed E-state index contributed by atoms with van der Waals surface area (Å²) in [4.78, 5) is 16.5. The number of hydrogen-bond donors (Lipinski definition) is 2. The highest BCUT2D eigenvalue weighted by Gasteiger charge is 2.40. The number of rotatable bonds is 2. The van der Waals surface area contributed by atoms with E-state index in [1.54, 1.807) is 18.5 Å². The molecule has 3 atom stereocenters. The summed E-state index contributed by atoms with van der Waals surface area (Å²) >= 11 is 6.02. The van der Waals surface area contributed by atoms with E-state index in [2.05, 4.69) is 15.6 Å². The second-order valence-corrected chi connectivity index (χ2v) is 6.07. The summed E-state index contributed by atoms with van der Waals surface area (Å²) in [5, 5.41) is 7.17. The standard InChI is InChI=1S/C14H15ClN4O/c15-9-1-2-19-7-12(17-6-13(9)19)14(20)18-11-4-8-3-10(11)16-5-8/h1-2,6-8,10-11,16H,3-5H2,(H,18,20). The number of hydrogen-bond acceptors (Lipinski definition) is 3. The monoisotopic (exact) mass is 290 g/mol. The number of aromatic nitrogens is 2. The second kappa shape index (κ2) is 4.46. The summed E-state index contributed by atoms with van der Waals surface area (Å²) in [5.74, 6) is 0.597. The molecule has 2 aliphatic rings. The molecular weight excluding hydrogens is 276 g/mol. The molecule has 2 bridgehead atoms. The molecule has 1 aliphatic carbocycles. The number of fused-ring (bicyclic) bond motifs is 3. The second-order valence-electron chi connectivity index (χ2n) is 5.66. The van der Waals surface area contributed by atoms with E-state index in [9.17, 15) is 4.79 Å². The lowest BCUT2D eigenvalue weighted by molar-refractivity contribution is 0.0923. The molecule has 104 valence electrons. The molecule has 2 fully saturated rings. The van der Waals surface area contributed by atoms with E-state index < -0.39 is 0 Å². The maximum Gasteiger partial charge on any atom is 0.271 e. The molecule has 0 aromatic carbocycles. The van der Waals surface area contributed by atoms with Crippen LogP contribution in [0.15, 0.2) is 24.7 Å². The van der Waals surface area contributed by atoms with Gasteiger partial charge >= 0.3 is 0 Å². The van der Waals surface area contributed by atoms with Gasteiger partial charge in [0.25, 0.3) is 5.91 Å². The first-order chi connectivity index (χ1) is 9.70. The Hall–Kier alpha value is -1.59. The molecule has 2 aromatic heterocycles. The number of halogens is 1. The van der Waals surface area contributed by atoms with Crippen LogP contribution in [0.3, 0.4) is 0 Å². The fourth-order valence-electron chi connectivity index (χ4n) is 3.34. The Balaban J connectivity index is 1.54. The molecular formula is C14H15ClN4O. The first kappa shape index (κ1) is 12.2. The molecule has 1 aliphatic heterocycles. The third-order valence-electron chi connectivity index (χ3n) is 4.37. The van der Waals surface area contributed by atoms with Crippen molar-refractivity contribution in [2.24, 2.45) is 5.92 Å². The van der Waals surface area contributed by atoms with Crippen molar-refractivity contribution in [1.82, 2.24) is 20.0 Å². The van der Waals surface area contributed by atoms with E-state index >= 15 is 0 Å². The van der Waals surface area contributed by atoms with Gasteiger partial charge in [0.15, 0.2) is 0 Å². The van der Waals surface area contributed by atoms with Crippen LogP contribution in [0.1, 0.15) is 23.3 Å². The highest BCUT2D eigenvalue weighted by Crippen LogP contribution is 2.31. The van der Waals surface area contributed by atoms with Crippen molar-refractivity contribution in [2.45, 2.75) is 24.9 Å². The van der Waals surface area contributed by atoms with Crippen molar-refractivity contribution in [3.05, 3.63) is 35.4 Å². The van der Waals surface area contributed by atoms with E-state index in [1.165, 1.54) is 6.42 Å². The van der Waals surface area contributed by atoms with Gasteiger partial charge in [-0.25, -0.2) is 4.98 Å². The number of carbonyl (C=O) groups is 1. The van der Waals surface area contributed by atoms with Gasteiger partial charge in [0.1, 0.15) is 5.69 Å². The Morgan fingerprint density at radius 2 is 2.40 bits per heavy atom. The van der Waals surface area contributed by atoms with Crippen molar-refractivity contribution in [2.75, 3.05) is 6.54 Å². The molecule has 0 spiro atoms. The first-order valence-corrected chi connectivity index (χ1v) is 7.25. The fraction of sp³-hybridized carbons (Fsp3) is 0.429. The summed E-state index contributed by atoms with van der Waals surface area (Å²) in [6, 6.07) is 2.45. The topological polar surface area (TPSA) is 58.4 Å². The SMILES string of the molecule is O=C(NC1CC2CNC1C2)c1cn2ccc(Cl)c2cn1. The van der Waals surface area contributed by atoms with Gasteiger partial charge in [-0.3, -0.25) is 4.79 Å². The van der Waals surface area contributed by atoms with Crippen LogP contribution in [0, 0.1) is 5.92 Å². The third-order valence-corrected chi connectivity index (χ3v) is 4.69. The highest BCUT2D eigenvalue weighted by molar-refractivity contribution is 6.33. The zero-order valence-corrected chi connectivity index (χ0v) is 11.6. The maximum atomic E-state index is 12.3. The minimum atomic E-state index is -0.115. The lowest BCUT2D eigenvalue weighted by Gasteiger charge is -2.23. The van der Waals surface area contributed by atoms with Crippen LogP contribution in [0.5, 0.6) is 0 Å². The van der Waals surface area contributed by atoms with Gasteiger partial charge in [-0.1, -0.05) is 11.6 Å². The Kier molecular flexibility index (Phi) is 2.72. The molecule has 20 heavy (non-hydrogen) atoms. The number of piperidine rings is 1. The lowest BCUT2D eigenvalue weighted by atomic mass is 10.1. The lowest BCUT2D eigenvalue weighted by Crippen LogP contribution is -2.48. The molecule has 6 heteroatoms. The summed E-state index contributed by atoms with van der Waals surface area (Å²) in [6.07, 6.45) is 7.42. The van der Waals surface area contributed by atoms with Crippen molar-refractivity contribution in [3.8, 4) is 0 Å². The Morgan fingerprint density at radius 1 is 1.50 bits per heavy atom. The predicted octanol–water partition coefficient (Wildman–Crippen LogP) is 1.47. The van der Waals surface area contributed by atoms with E-state index in [-0.39, 0.29) is 11.9 Å². The molecule has 2 N–H and O–H groups in total. The molecule has 3 unspecified atom stereocenters. The molecule has 5 nitrogen and oxygen atoms in total. The quantitative estimate of drug-likeness (QED) is 0.880. The summed E-state index contributed by atoms with van der Waals surface area (Å²) in [5.41, 5.74) is 1.23. The van der Waals surface area contributed by atoms with Crippen molar-refractivity contribution in [1.29, 1.82) is 0 Å². The first-order valence-electron chi connectivity index (χ1n) is 6.87. The van der Waals surface area contributed by atoms with Crippen molar-refractivity contribution < 1.29 is 4.79 Å². The minimum Gasteiger partial charge on any atom is -0.346 e. The molecule has 2 aromatic rings. The molecule has 1 saturated carbocycles. The summed E-state index contributed by atoms with van der Waals surface area (Å²) in [6.45, 7) is 1.09. The van der Waals surface area contributed by atoms with E-state index in [0.717, 1.165) is 18.5 Å². The maximum absolute atomic E-state index is 12.3. The van der Waals surface area contributed by atoms with Crippen LogP contribution in [-0.2, 0) is 0 Å². The van der Waals surface area contributed by atoms with Crippen molar-refractivity contribution in [3.63, 3.8) is 0 Å². The third kappa shape index (κ3) is 1.89. The van der Waals surface area contributed by atoms with E-state index in [1.807, 2.05) is 10.6 Å². The van der Waals surface area contributed by atoms with Crippen LogP contribution >= 0.6 is 11.6 Å². The van der Waals surface area contributed by atoms with Gasteiger partial charge in [-0.15, -0.1) is 0 Å². The Labute approximate surface area is 121 Å². The molecule has 1 saturated heterocycles. The zero-order chi connectivity index (χ0) is 13.7. The number of carbonyl (C=O) groups excluding carboxylic acids is 1. The van der Waals surface area contributed by atoms with Gasteiger partial charge < -0.3 is 15.0 Å². The highest BCUT2D eigenvalue weighted by atomic mass is 35.5. The molecule has 3 heterocycles. The van der Waals surface area contributed by atoms with Gasteiger partial charge in [0, 0.05) is 24.5 Å². The van der Waals surface area contributed by atoms with E-state index in [4.69, 9.17) is 11.6 Å². The molecule has 1 amide bonds. The smallest absolute Gasteiger partial charge is 0.271 e. The van der Waals surface area contributed by atoms with Crippen LogP contribution < -0.4 is 10.6 Å². The summed E-state index contributed by atoms with van der Waals surface area (Å²) in [7, 11) is 0. The van der Waals surface area contributed by atoms with Gasteiger partial charge in [-0.2, -0.15) is 0 Å². The Bertz CT molecular complexity index is 683. The zero-order valence-electron chi connectivity index (χ0n) is 10.8. The van der Waals surface area contributed by atoms with Crippen molar-refractivity contribution >= 4 is 23.0 Å². The van der Waals surface area contributed by atoms with Crippen LogP contribution in [0.25, 0.3) is 5.52 Å². The van der Waals surface area contributed by atoms with Crippen LogP contribution in [-0.4, -0.2) is 33.9 Å². The average Bonchev–Trinajstić information content (AvgIpc) is 3.14. The van der Waals surface area contributed by atoms with Crippen LogP contribution in [0.4, 0.5) is 0 Å². The molecule has 4 rings (SSSR count). The van der Waals surface area contributed by atoms with Gasteiger partial charge in [0.05, 0.1) is 16.7 Å². The summed E-state index contributed by atoms with van der Waals surface area (Å²) < 4.78 is 1.82. The van der Waals surface area contributed by atoms with Gasteiger partial charge in [0.2, 0.25) is 0 Å². The number of amides is 1. The number of nitrogens with one attached hydrogen (secondary N) is 2. The largest absolute Gasteiger partial charge is 0.346 e. The molecule has 0 radical (unpaired) electrons. The normalized spacial score (nSPS) is 28.1. The average molecular weight is 291 g/mol. The Morgan fingerprint density at radius 3 is 3.15 bits per heavy atom. The van der Waals surface area contributed by atoms with Crippen LogP contribution in [0.2, 0.25) is 5.02 Å². The fourth-order valence-corrected chi connectivity index (χ4v) is 3.55. The van der Waals surface area contributed by atoms with Gasteiger partial charge in [-0.05, 0) is 31.4 Å². The minimum absolute atomic E-state index is 0.115. The number of nitrogens with zero attached hydrogens (tertiary/aromatic N) is 2. The van der Waals surface area contributed by atoms with E-state index in [0.29, 0.717) is 22.7 Å².